The van der Waals surface area contributed by atoms with Gasteiger partial charge in [-0.05, 0) is 12.1 Å². The largest absolute Gasteiger partial charge is 0.439 e. The van der Waals surface area contributed by atoms with E-state index in [9.17, 15) is 18.0 Å². The molecule has 1 aromatic carbocycles. The summed E-state index contributed by atoms with van der Waals surface area (Å²) in [5, 5.41) is 3.57. The van der Waals surface area contributed by atoms with Crippen LogP contribution in [0.1, 0.15) is 5.56 Å². The second kappa shape index (κ2) is 5.30. The molecular weight excluding hydrogens is 339 g/mol. The number of hydrogen-bond donors (Lipinski definition) is 1. The van der Waals surface area contributed by atoms with Crippen LogP contribution in [0.25, 0.3) is 28.4 Å². The first-order valence-electron chi connectivity index (χ1n) is 6.99. The zero-order valence-corrected chi connectivity index (χ0v) is 12.3. The van der Waals surface area contributed by atoms with Gasteiger partial charge in [-0.1, -0.05) is 17.3 Å². The monoisotopic (exact) mass is 347 g/mol. The Hall–Kier alpha value is -3.43. The number of nitrogens with zero attached hydrogens (tertiary/aromatic N) is 4. The number of alkyl halides is 3. The van der Waals surface area contributed by atoms with Gasteiger partial charge < -0.3 is 4.40 Å². The summed E-state index contributed by atoms with van der Waals surface area (Å²) < 4.78 is 44.3. The van der Waals surface area contributed by atoms with Crippen molar-refractivity contribution in [3.05, 3.63) is 59.0 Å². The summed E-state index contributed by atoms with van der Waals surface area (Å²) in [7, 11) is 0. The fourth-order valence-corrected chi connectivity index (χ4v) is 2.40. The van der Waals surface area contributed by atoms with E-state index in [2.05, 4.69) is 24.6 Å². The first-order valence-corrected chi connectivity index (χ1v) is 6.99. The number of fused-ring (bicyclic) bond motifs is 1. The second-order valence-electron chi connectivity index (χ2n) is 5.15. The molecule has 0 saturated heterocycles. The maximum atomic E-state index is 12.7. The molecule has 0 unspecified atom stereocenters. The molecular formula is C15H8F3N5O2. The van der Waals surface area contributed by atoms with Crippen molar-refractivity contribution in [2.24, 2.45) is 0 Å². The van der Waals surface area contributed by atoms with Crippen molar-refractivity contribution in [3.63, 3.8) is 0 Å². The molecule has 0 atom stereocenters. The first-order chi connectivity index (χ1) is 11.9. The fourth-order valence-electron chi connectivity index (χ4n) is 2.40. The quantitative estimate of drug-likeness (QED) is 0.602. The van der Waals surface area contributed by atoms with Crippen molar-refractivity contribution in [2.45, 2.75) is 6.18 Å². The molecule has 0 bridgehead atoms. The van der Waals surface area contributed by atoms with E-state index in [0.29, 0.717) is 16.9 Å². The third kappa shape index (κ3) is 2.67. The van der Waals surface area contributed by atoms with Crippen molar-refractivity contribution < 1.29 is 17.7 Å². The first kappa shape index (κ1) is 15.1. The van der Waals surface area contributed by atoms with E-state index in [4.69, 9.17) is 0 Å². The van der Waals surface area contributed by atoms with Gasteiger partial charge in [0.05, 0.1) is 5.56 Å². The zero-order valence-electron chi connectivity index (χ0n) is 12.3. The van der Waals surface area contributed by atoms with Gasteiger partial charge in [-0.15, -0.1) is 0 Å². The van der Waals surface area contributed by atoms with Gasteiger partial charge in [-0.25, -0.2) is 14.8 Å². The van der Waals surface area contributed by atoms with Crippen molar-refractivity contribution in [2.75, 3.05) is 0 Å². The van der Waals surface area contributed by atoms with Crippen LogP contribution in [0.4, 0.5) is 13.2 Å². The summed E-state index contributed by atoms with van der Waals surface area (Å²) in [6.07, 6.45) is 0.326. The van der Waals surface area contributed by atoms with Crippen LogP contribution < -0.4 is 5.76 Å². The molecule has 0 radical (unpaired) electrons. The Labute approximate surface area is 136 Å². The van der Waals surface area contributed by atoms with Crippen LogP contribution in [0.5, 0.6) is 0 Å². The van der Waals surface area contributed by atoms with Crippen LogP contribution in [0, 0.1) is 0 Å². The van der Waals surface area contributed by atoms with E-state index in [-0.39, 0.29) is 11.5 Å². The Balaban J connectivity index is 1.88. The Morgan fingerprint density at radius 3 is 2.56 bits per heavy atom. The highest BCUT2D eigenvalue weighted by Gasteiger charge is 2.30. The lowest BCUT2D eigenvalue weighted by Gasteiger charge is -2.09. The minimum absolute atomic E-state index is 0.105. The van der Waals surface area contributed by atoms with Crippen LogP contribution in [-0.4, -0.2) is 24.5 Å². The van der Waals surface area contributed by atoms with Crippen molar-refractivity contribution in [1.82, 2.24) is 24.5 Å². The van der Waals surface area contributed by atoms with Crippen LogP contribution in [0.3, 0.4) is 0 Å². The topological polar surface area (TPSA) is 89.1 Å². The number of aromatic nitrogens is 5. The Morgan fingerprint density at radius 1 is 1.16 bits per heavy atom. The molecule has 3 aromatic heterocycles. The zero-order chi connectivity index (χ0) is 17.6. The molecule has 4 rings (SSSR count). The molecule has 126 valence electrons. The SMILES string of the molecule is O=c1[nH]c(-c2cn3ccnc3c(-c3ccc(C(F)(F)F)cc3)n2)no1. The third-order valence-corrected chi connectivity index (χ3v) is 3.54. The van der Waals surface area contributed by atoms with E-state index >= 15 is 0 Å². The number of imidazole rings is 1. The third-order valence-electron chi connectivity index (χ3n) is 3.54. The predicted molar refractivity (Wildman–Crippen MR) is 79.5 cm³/mol. The number of halogens is 3. The van der Waals surface area contributed by atoms with Crippen LogP contribution in [0.2, 0.25) is 0 Å². The maximum Gasteiger partial charge on any atom is 0.439 e. The fraction of sp³-hybridized carbons (Fsp3) is 0.0667. The Bertz CT molecular complexity index is 1110. The number of nitrogens with one attached hydrogen (secondary N) is 1. The van der Waals surface area contributed by atoms with Crippen LogP contribution in [-0.2, 0) is 6.18 Å². The van der Waals surface area contributed by atoms with Gasteiger partial charge in [0.25, 0.3) is 0 Å². The highest BCUT2D eigenvalue weighted by molar-refractivity contribution is 5.75. The van der Waals surface area contributed by atoms with E-state index in [1.54, 1.807) is 16.8 Å². The van der Waals surface area contributed by atoms with E-state index < -0.39 is 17.5 Å². The summed E-state index contributed by atoms with van der Waals surface area (Å²) >= 11 is 0. The normalized spacial score (nSPS) is 12.0. The Morgan fingerprint density at radius 2 is 1.92 bits per heavy atom. The van der Waals surface area contributed by atoms with Crippen molar-refractivity contribution >= 4 is 5.65 Å². The van der Waals surface area contributed by atoms with Gasteiger partial charge in [0.1, 0.15) is 11.4 Å². The molecule has 10 heteroatoms. The second-order valence-corrected chi connectivity index (χ2v) is 5.15. The smallest absolute Gasteiger partial charge is 0.303 e. The van der Waals surface area contributed by atoms with Crippen LogP contribution in [0.15, 0.2) is 52.2 Å². The molecule has 0 spiro atoms. The average Bonchev–Trinajstić information content (AvgIpc) is 3.21. The molecule has 0 aliphatic rings. The van der Waals surface area contributed by atoms with Gasteiger partial charge in [0.2, 0.25) is 5.82 Å². The number of aromatic amines is 1. The summed E-state index contributed by atoms with van der Waals surface area (Å²) in [5.41, 5.74) is 0.769. The molecule has 4 aromatic rings. The highest BCUT2D eigenvalue weighted by Crippen LogP contribution is 2.31. The number of benzene rings is 1. The summed E-state index contributed by atoms with van der Waals surface area (Å²) in [4.78, 5) is 22.0. The van der Waals surface area contributed by atoms with Gasteiger partial charge in [-0.3, -0.25) is 9.51 Å². The van der Waals surface area contributed by atoms with Gasteiger partial charge in [-0.2, -0.15) is 13.2 Å². The summed E-state index contributed by atoms with van der Waals surface area (Å²) in [5.74, 6) is -0.632. The van der Waals surface area contributed by atoms with Crippen molar-refractivity contribution in [1.29, 1.82) is 0 Å². The van der Waals surface area contributed by atoms with E-state index in [0.717, 1.165) is 12.1 Å². The molecule has 1 N–H and O–H groups in total. The molecule has 0 saturated carbocycles. The lowest BCUT2D eigenvalue weighted by Crippen LogP contribution is -2.04. The molecule has 25 heavy (non-hydrogen) atoms. The maximum absolute atomic E-state index is 12.7. The average molecular weight is 347 g/mol. The minimum atomic E-state index is -4.42. The Kier molecular flexibility index (Phi) is 3.20. The van der Waals surface area contributed by atoms with E-state index in [1.165, 1.54) is 18.3 Å². The standard InChI is InChI=1S/C15H8F3N5O2/c16-15(17,18)9-3-1-8(2-4-9)11-13-19-5-6-23(13)7-10(20-11)12-21-14(24)25-22-12/h1-7H,(H,21,22,24). The molecule has 0 aliphatic heterocycles. The van der Waals surface area contributed by atoms with Crippen LogP contribution >= 0.6 is 0 Å². The van der Waals surface area contributed by atoms with E-state index in [1.807, 2.05) is 0 Å². The molecule has 0 aliphatic carbocycles. The molecule has 3 heterocycles. The predicted octanol–water partition coefficient (Wildman–Crippen LogP) is 2.76. The van der Waals surface area contributed by atoms with Gasteiger partial charge in [0.15, 0.2) is 5.65 Å². The van der Waals surface area contributed by atoms with Crippen molar-refractivity contribution in [3.8, 4) is 22.8 Å². The number of H-pyrrole nitrogens is 1. The highest BCUT2D eigenvalue weighted by atomic mass is 19.4. The summed E-state index contributed by atoms with van der Waals surface area (Å²) in [6.45, 7) is 0. The molecule has 7 nitrogen and oxygen atoms in total. The lowest BCUT2D eigenvalue weighted by atomic mass is 10.1. The lowest BCUT2D eigenvalue weighted by molar-refractivity contribution is -0.137. The minimum Gasteiger partial charge on any atom is -0.303 e. The van der Waals surface area contributed by atoms with Gasteiger partial charge >= 0.3 is 11.9 Å². The molecule has 0 amide bonds. The number of hydrogen-bond acceptors (Lipinski definition) is 5. The van der Waals surface area contributed by atoms with Gasteiger partial charge in [0, 0.05) is 24.2 Å². The number of rotatable bonds is 2. The summed E-state index contributed by atoms with van der Waals surface area (Å²) in [6, 6.07) is 4.58. The molecule has 0 fully saturated rings.